The van der Waals surface area contributed by atoms with E-state index in [0.717, 1.165) is 5.56 Å². The highest BCUT2D eigenvalue weighted by atomic mass is 32.1. The Kier molecular flexibility index (Phi) is 9.70. The van der Waals surface area contributed by atoms with Crippen molar-refractivity contribution in [3.05, 3.63) is 54.1 Å². The van der Waals surface area contributed by atoms with Crippen molar-refractivity contribution in [2.45, 2.75) is 31.0 Å². The van der Waals surface area contributed by atoms with Gasteiger partial charge in [0.25, 0.3) is 0 Å². The van der Waals surface area contributed by atoms with Gasteiger partial charge in [0.15, 0.2) is 0 Å². The van der Waals surface area contributed by atoms with Crippen LogP contribution in [-0.2, 0) is 32.0 Å². The van der Waals surface area contributed by atoms with E-state index >= 15 is 0 Å². The highest BCUT2D eigenvalue weighted by molar-refractivity contribution is 7.80. The number of H-pyrrole nitrogens is 1. The van der Waals surface area contributed by atoms with E-state index < -0.39 is 48.4 Å². The summed E-state index contributed by atoms with van der Waals surface area (Å²) >= 11 is 3.92. The number of aliphatic carboxylic acids is 1. The Labute approximate surface area is 190 Å². The molecule has 172 valence electrons. The van der Waals surface area contributed by atoms with E-state index in [9.17, 15) is 24.3 Å². The first-order valence-corrected chi connectivity index (χ1v) is 10.4. The Bertz CT molecular complexity index is 908. The maximum atomic E-state index is 12.9. The Morgan fingerprint density at radius 1 is 1.06 bits per heavy atom. The third-order valence-electron chi connectivity index (χ3n) is 4.48. The smallest absolute Gasteiger partial charge is 0.326 e. The number of carboxylic acids is 1. The number of carbonyl (C=O) groups is 4. The Morgan fingerprint density at radius 2 is 1.78 bits per heavy atom. The first kappa shape index (κ1) is 24.9. The first-order chi connectivity index (χ1) is 15.3. The predicted octanol–water partition coefficient (Wildman–Crippen LogP) is -1.38. The number of hydrogen-bond donors (Lipinski definition) is 7. The molecule has 0 aliphatic rings. The van der Waals surface area contributed by atoms with Crippen LogP contribution < -0.4 is 21.7 Å². The van der Waals surface area contributed by atoms with Crippen LogP contribution in [-0.4, -0.2) is 69.2 Å². The lowest BCUT2D eigenvalue weighted by Gasteiger charge is -2.21. The standard InChI is InChI=1S/C20H26N6O5S/c21-14(10-32)18(28)23-9-17(27)25-15(7-13-8-22-11-24-13)19(29)26-16(20(30)31)6-12-4-2-1-3-5-12/h1-5,8,11,14-16,32H,6-7,9-10,21H2,(H,22,24)(H,23,28)(H,25,27)(H,26,29)(H,30,31). The van der Waals surface area contributed by atoms with Gasteiger partial charge in [-0.1, -0.05) is 30.3 Å². The predicted molar refractivity (Wildman–Crippen MR) is 119 cm³/mol. The quantitative estimate of drug-likeness (QED) is 0.190. The molecule has 11 nitrogen and oxygen atoms in total. The molecule has 3 atom stereocenters. The molecule has 7 N–H and O–H groups in total. The molecule has 0 aliphatic heterocycles. The number of carbonyl (C=O) groups excluding carboxylic acids is 3. The summed E-state index contributed by atoms with van der Waals surface area (Å²) in [7, 11) is 0. The topological polar surface area (TPSA) is 179 Å². The highest BCUT2D eigenvalue weighted by Gasteiger charge is 2.27. The molecule has 0 radical (unpaired) electrons. The summed E-state index contributed by atoms with van der Waals surface area (Å²) in [6.07, 6.45) is 3.02. The van der Waals surface area contributed by atoms with Crippen LogP contribution in [0.2, 0.25) is 0 Å². The number of nitrogens with two attached hydrogens (primary N) is 1. The van der Waals surface area contributed by atoms with Crippen LogP contribution >= 0.6 is 12.6 Å². The number of thiol groups is 1. The highest BCUT2D eigenvalue weighted by Crippen LogP contribution is 2.05. The molecule has 32 heavy (non-hydrogen) atoms. The first-order valence-electron chi connectivity index (χ1n) is 9.78. The lowest BCUT2D eigenvalue weighted by Crippen LogP contribution is -2.55. The number of aromatic nitrogens is 2. The Morgan fingerprint density at radius 3 is 2.38 bits per heavy atom. The largest absolute Gasteiger partial charge is 0.480 e. The fourth-order valence-electron chi connectivity index (χ4n) is 2.77. The number of rotatable bonds is 12. The summed E-state index contributed by atoms with van der Waals surface area (Å²) < 4.78 is 0. The second-order valence-electron chi connectivity index (χ2n) is 7.00. The number of amides is 3. The molecule has 2 aromatic rings. The van der Waals surface area contributed by atoms with Crippen LogP contribution in [0.1, 0.15) is 11.3 Å². The zero-order chi connectivity index (χ0) is 23.5. The molecule has 0 saturated heterocycles. The van der Waals surface area contributed by atoms with E-state index in [0.29, 0.717) is 5.69 Å². The SMILES string of the molecule is NC(CS)C(=O)NCC(=O)NC(Cc1cnc[nH]1)C(=O)NC(Cc1ccccc1)C(=O)O. The number of imidazole rings is 1. The molecule has 0 fully saturated rings. The Balaban J connectivity index is 2.05. The molecule has 0 saturated carbocycles. The second kappa shape index (κ2) is 12.5. The van der Waals surface area contributed by atoms with Crippen molar-refractivity contribution < 1.29 is 24.3 Å². The summed E-state index contributed by atoms with van der Waals surface area (Å²) in [6, 6.07) is 5.68. The van der Waals surface area contributed by atoms with Crippen LogP contribution in [0.15, 0.2) is 42.9 Å². The second-order valence-corrected chi connectivity index (χ2v) is 7.36. The maximum absolute atomic E-state index is 12.9. The third kappa shape index (κ3) is 8.04. The van der Waals surface area contributed by atoms with E-state index in [1.54, 1.807) is 30.3 Å². The van der Waals surface area contributed by atoms with E-state index in [2.05, 4.69) is 38.5 Å². The number of hydrogen-bond acceptors (Lipinski definition) is 7. The van der Waals surface area contributed by atoms with Crippen molar-refractivity contribution in [3.63, 3.8) is 0 Å². The number of aromatic amines is 1. The van der Waals surface area contributed by atoms with E-state index in [4.69, 9.17) is 5.73 Å². The molecule has 0 bridgehead atoms. The van der Waals surface area contributed by atoms with Gasteiger partial charge < -0.3 is 31.8 Å². The van der Waals surface area contributed by atoms with Gasteiger partial charge in [-0.15, -0.1) is 0 Å². The van der Waals surface area contributed by atoms with E-state index in [1.165, 1.54) is 12.5 Å². The third-order valence-corrected chi connectivity index (χ3v) is 4.88. The van der Waals surface area contributed by atoms with Crippen LogP contribution in [0.4, 0.5) is 0 Å². The molecule has 3 amide bonds. The molecule has 1 heterocycles. The van der Waals surface area contributed by atoms with Crippen molar-refractivity contribution in [1.82, 2.24) is 25.9 Å². The maximum Gasteiger partial charge on any atom is 0.326 e. The minimum Gasteiger partial charge on any atom is -0.480 e. The summed E-state index contributed by atoms with van der Waals surface area (Å²) in [5.41, 5.74) is 6.83. The summed E-state index contributed by atoms with van der Waals surface area (Å²) in [5, 5.41) is 16.9. The molecule has 1 aromatic carbocycles. The van der Waals surface area contributed by atoms with Crippen LogP contribution in [0.5, 0.6) is 0 Å². The molecular weight excluding hydrogens is 436 g/mol. The summed E-state index contributed by atoms with van der Waals surface area (Å²) in [4.78, 5) is 55.3. The molecule has 12 heteroatoms. The molecule has 3 unspecified atom stereocenters. The fraction of sp³-hybridized carbons (Fsp3) is 0.350. The number of nitrogens with one attached hydrogen (secondary N) is 4. The molecule has 2 rings (SSSR count). The normalized spacial score (nSPS) is 13.4. The number of nitrogens with zero attached hydrogens (tertiary/aromatic N) is 1. The summed E-state index contributed by atoms with van der Waals surface area (Å²) in [5.74, 6) is -2.98. The average Bonchev–Trinajstić information content (AvgIpc) is 3.29. The van der Waals surface area contributed by atoms with Crippen LogP contribution in [0, 0.1) is 0 Å². The van der Waals surface area contributed by atoms with E-state index in [1.807, 2.05) is 0 Å². The lowest BCUT2D eigenvalue weighted by molar-refractivity contribution is -0.142. The monoisotopic (exact) mass is 462 g/mol. The van der Waals surface area contributed by atoms with Crippen molar-refractivity contribution in [2.24, 2.45) is 5.73 Å². The van der Waals surface area contributed by atoms with Crippen LogP contribution in [0.3, 0.4) is 0 Å². The minimum absolute atomic E-state index is 0.0410. The molecule has 1 aromatic heterocycles. The molecular formula is C20H26N6O5S. The average molecular weight is 463 g/mol. The number of carboxylic acid groups (broad SMARTS) is 1. The molecule has 0 spiro atoms. The van der Waals surface area contributed by atoms with Gasteiger partial charge in [-0.05, 0) is 5.56 Å². The fourth-order valence-corrected chi connectivity index (χ4v) is 2.94. The van der Waals surface area contributed by atoms with Crippen molar-refractivity contribution >= 4 is 36.3 Å². The van der Waals surface area contributed by atoms with Crippen molar-refractivity contribution in [1.29, 1.82) is 0 Å². The van der Waals surface area contributed by atoms with Gasteiger partial charge in [-0.2, -0.15) is 12.6 Å². The molecule has 0 aliphatic carbocycles. The number of benzene rings is 1. The minimum atomic E-state index is -1.21. The van der Waals surface area contributed by atoms with Crippen molar-refractivity contribution in [2.75, 3.05) is 12.3 Å². The zero-order valence-corrected chi connectivity index (χ0v) is 18.0. The van der Waals surface area contributed by atoms with Gasteiger partial charge in [0.1, 0.15) is 12.1 Å². The van der Waals surface area contributed by atoms with Gasteiger partial charge in [0.05, 0.1) is 18.9 Å². The van der Waals surface area contributed by atoms with Gasteiger partial charge in [-0.3, -0.25) is 14.4 Å². The Hall–Kier alpha value is -3.38. The van der Waals surface area contributed by atoms with Crippen molar-refractivity contribution in [3.8, 4) is 0 Å². The lowest BCUT2D eigenvalue weighted by atomic mass is 10.0. The van der Waals surface area contributed by atoms with Gasteiger partial charge in [0, 0.05) is 30.5 Å². The van der Waals surface area contributed by atoms with Gasteiger partial charge in [0.2, 0.25) is 17.7 Å². The van der Waals surface area contributed by atoms with Crippen LogP contribution in [0.25, 0.3) is 0 Å². The van der Waals surface area contributed by atoms with Gasteiger partial charge >= 0.3 is 5.97 Å². The summed E-state index contributed by atoms with van der Waals surface area (Å²) in [6.45, 7) is -0.403. The zero-order valence-electron chi connectivity index (χ0n) is 17.2. The van der Waals surface area contributed by atoms with Gasteiger partial charge in [-0.25, -0.2) is 9.78 Å². The van der Waals surface area contributed by atoms with E-state index in [-0.39, 0.29) is 18.6 Å².